The number of nitro groups is 1. The monoisotopic (exact) mass is 447 g/mol. The third kappa shape index (κ3) is 4.35. The van der Waals surface area contributed by atoms with Gasteiger partial charge in [0.1, 0.15) is 17.1 Å². The van der Waals surface area contributed by atoms with Gasteiger partial charge in [-0.05, 0) is 49.4 Å². The minimum absolute atomic E-state index is 0.0845. The number of carbonyl (C=O) groups excluding carboxylic acids is 3. The predicted octanol–water partition coefficient (Wildman–Crippen LogP) is 3.49. The Kier molecular flexibility index (Phi) is 5.73. The van der Waals surface area contributed by atoms with Crippen molar-refractivity contribution < 1.29 is 28.5 Å². The van der Waals surface area contributed by atoms with E-state index in [0.717, 1.165) is 5.01 Å². The van der Waals surface area contributed by atoms with Crippen LogP contribution in [0, 0.1) is 10.1 Å². The Bertz CT molecular complexity index is 1290. The van der Waals surface area contributed by atoms with Crippen LogP contribution < -0.4 is 10.4 Å². The molecule has 0 unspecified atom stereocenters. The minimum atomic E-state index is -0.622. The van der Waals surface area contributed by atoms with E-state index in [4.69, 9.17) is 9.15 Å². The summed E-state index contributed by atoms with van der Waals surface area (Å²) < 4.78 is 10.6. The van der Waals surface area contributed by atoms with Gasteiger partial charge in [0, 0.05) is 17.7 Å². The Balaban J connectivity index is 1.55. The summed E-state index contributed by atoms with van der Waals surface area (Å²) in [6, 6.07) is 15.1. The molecule has 1 aromatic heterocycles. The van der Waals surface area contributed by atoms with E-state index in [1.54, 1.807) is 25.1 Å². The average Bonchev–Trinajstić information content (AvgIpc) is 3.40. The first-order chi connectivity index (χ1) is 15.9. The van der Waals surface area contributed by atoms with Crippen molar-refractivity contribution in [2.75, 3.05) is 11.6 Å². The highest BCUT2D eigenvalue weighted by Gasteiger charge is 2.34. The molecule has 0 bridgehead atoms. The maximum Gasteiger partial charge on any atom is 0.338 e. The topological polar surface area (TPSA) is 132 Å². The van der Waals surface area contributed by atoms with Crippen LogP contribution in [0.1, 0.15) is 23.0 Å². The molecule has 0 saturated carbocycles. The van der Waals surface area contributed by atoms with Gasteiger partial charge in [-0.25, -0.2) is 9.80 Å². The summed E-state index contributed by atoms with van der Waals surface area (Å²) in [5.41, 5.74) is 3.40. The summed E-state index contributed by atoms with van der Waals surface area (Å²) >= 11 is 0. The van der Waals surface area contributed by atoms with Crippen molar-refractivity contribution in [3.8, 4) is 11.3 Å². The summed E-state index contributed by atoms with van der Waals surface area (Å²) in [5, 5.41) is 12.0. The first-order valence-corrected chi connectivity index (χ1v) is 9.86. The zero-order valence-electron chi connectivity index (χ0n) is 17.3. The molecule has 3 aromatic rings. The Morgan fingerprint density at radius 2 is 1.91 bits per heavy atom. The fourth-order valence-electron chi connectivity index (χ4n) is 3.20. The molecule has 0 atom stereocenters. The third-order valence-electron chi connectivity index (χ3n) is 4.78. The van der Waals surface area contributed by atoms with Crippen LogP contribution in [0.4, 0.5) is 11.4 Å². The van der Waals surface area contributed by atoms with E-state index in [1.807, 2.05) is 0 Å². The van der Waals surface area contributed by atoms with Gasteiger partial charge < -0.3 is 9.15 Å². The largest absolute Gasteiger partial charge is 0.462 e. The smallest absolute Gasteiger partial charge is 0.338 e. The molecule has 4 rings (SSSR count). The first kappa shape index (κ1) is 21.5. The van der Waals surface area contributed by atoms with Gasteiger partial charge in [-0.15, -0.1) is 0 Å². The molecule has 0 aliphatic carbocycles. The highest BCUT2D eigenvalue weighted by molar-refractivity contribution is 6.31. The molecule has 1 N–H and O–H groups in total. The number of nitro benzene ring substituents is 1. The van der Waals surface area contributed by atoms with Crippen molar-refractivity contribution in [2.24, 2.45) is 0 Å². The van der Waals surface area contributed by atoms with Gasteiger partial charge in [0.2, 0.25) is 0 Å². The lowest BCUT2D eigenvalue weighted by atomic mass is 10.1. The number of nitrogens with one attached hydrogen (secondary N) is 1. The number of carbonyl (C=O) groups is 3. The van der Waals surface area contributed by atoms with Crippen molar-refractivity contribution in [1.29, 1.82) is 0 Å². The predicted molar refractivity (Wildman–Crippen MR) is 117 cm³/mol. The summed E-state index contributed by atoms with van der Waals surface area (Å²) in [4.78, 5) is 47.4. The maximum atomic E-state index is 12.8. The number of hydrogen-bond donors (Lipinski definition) is 1. The molecular weight excluding hydrogens is 430 g/mol. The minimum Gasteiger partial charge on any atom is -0.462 e. The molecule has 10 heteroatoms. The van der Waals surface area contributed by atoms with Crippen LogP contribution in [-0.2, 0) is 14.3 Å². The number of ether oxygens (including phenoxy) is 1. The highest BCUT2D eigenvalue weighted by atomic mass is 16.6. The number of non-ortho nitro benzene ring substituents is 1. The number of benzene rings is 2. The summed E-state index contributed by atoms with van der Waals surface area (Å²) in [5.74, 6) is -1.13. The van der Waals surface area contributed by atoms with Gasteiger partial charge in [-0.3, -0.25) is 25.1 Å². The van der Waals surface area contributed by atoms with Crippen molar-refractivity contribution in [2.45, 2.75) is 6.92 Å². The quantitative estimate of drug-likeness (QED) is 0.201. The Labute approximate surface area is 187 Å². The van der Waals surface area contributed by atoms with E-state index in [2.05, 4.69) is 5.43 Å². The second-order valence-electron chi connectivity index (χ2n) is 6.92. The van der Waals surface area contributed by atoms with E-state index in [1.165, 1.54) is 48.5 Å². The summed E-state index contributed by atoms with van der Waals surface area (Å²) in [6.45, 7) is 1.94. The molecule has 2 heterocycles. The van der Waals surface area contributed by atoms with Gasteiger partial charge in [0.05, 0.1) is 22.8 Å². The van der Waals surface area contributed by atoms with Crippen molar-refractivity contribution in [3.05, 3.63) is 87.7 Å². The molecule has 1 aliphatic heterocycles. The lowest BCUT2D eigenvalue weighted by Crippen LogP contribution is -2.35. The number of hydrogen-bond acceptors (Lipinski definition) is 7. The number of rotatable bonds is 6. The van der Waals surface area contributed by atoms with Crippen LogP contribution >= 0.6 is 0 Å². The number of esters is 1. The lowest BCUT2D eigenvalue weighted by Gasteiger charge is -2.14. The molecule has 33 heavy (non-hydrogen) atoms. The number of furan rings is 1. The molecule has 166 valence electrons. The number of nitrogens with zero attached hydrogens (tertiary/aromatic N) is 2. The Morgan fingerprint density at radius 3 is 2.61 bits per heavy atom. The van der Waals surface area contributed by atoms with Gasteiger partial charge in [-0.2, -0.15) is 0 Å². The van der Waals surface area contributed by atoms with Crippen LogP contribution in [0.25, 0.3) is 17.4 Å². The van der Waals surface area contributed by atoms with Crippen LogP contribution in [0.15, 0.2) is 70.7 Å². The molecule has 0 spiro atoms. The fourth-order valence-corrected chi connectivity index (χ4v) is 3.20. The second-order valence-corrected chi connectivity index (χ2v) is 6.92. The molecule has 0 radical (unpaired) electrons. The molecular formula is C23H17N3O7. The first-order valence-electron chi connectivity index (χ1n) is 9.86. The molecule has 10 nitrogen and oxygen atoms in total. The van der Waals surface area contributed by atoms with Crippen molar-refractivity contribution in [1.82, 2.24) is 5.43 Å². The molecule has 2 aromatic carbocycles. The van der Waals surface area contributed by atoms with Gasteiger partial charge in [0.15, 0.2) is 0 Å². The third-order valence-corrected chi connectivity index (χ3v) is 4.78. The zero-order chi connectivity index (χ0) is 23.5. The van der Waals surface area contributed by atoms with Gasteiger partial charge >= 0.3 is 5.97 Å². The zero-order valence-corrected chi connectivity index (χ0v) is 17.3. The second kappa shape index (κ2) is 8.79. The lowest BCUT2D eigenvalue weighted by molar-refractivity contribution is -0.384. The van der Waals surface area contributed by atoms with Crippen LogP contribution in [0.5, 0.6) is 0 Å². The number of hydrazine groups is 1. The molecule has 1 saturated heterocycles. The van der Waals surface area contributed by atoms with Crippen LogP contribution in [0.2, 0.25) is 0 Å². The van der Waals surface area contributed by atoms with E-state index in [-0.39, 0.29) is 23.6 Å². The number of anilines is 1. The van der Waals surface area contributed by atoms with Gasteiger partial charge in [0.25, 0.3) is 17.5 Å². The standard InChI is InChI=1S/C23H17N3O7/c1-2-32-23(29)14-6-8-16(9-7-14)25-22(28)19(21(27)24-25)13-18-10-11-20(33-18)15-4-3-5-17(12-15)26(30)31/h3-13H,2H2,1H3,(H,24,27)/b19-13+. The highest BCUT2D eigenvalue weighted by Crippen LogP contribution is 2.28. The normalized spacial score (nSPS) is 14.5. The summed E-state index contributed by atoms with van der Waals surface area (Å²) in [7, 11) is 0. The van der Waals surface area contributed by atoms with E-state index < -0.39 is 22.7 Å². The van der Waals surface area contributed by atoms with E-state index >= 15 is 0 Å². The molecule has 1 aliphatic rings. The van der Waals surface area contributed by atoms with Crippen LogP contribution in [0.3, 0.4) is 0 Å². The SMILES string of the molecule is CCOC(=O)c1ccc(N2NC(=O)/C(=C\c3ccc(-c4cccc([N+](=O)[O-])c4)o3)C2=O)cc1. The number of amides is 2. The molecule has 1 fully saturated rings. The Hall–Kier alpha value is -4.73. The summed E-state index contributed by atoms with van der Waals surface area (Å²) in [6.07, 6.45) is 1.30. The van der Waals surface area contributed by atoms with E-state index in [0.29, 0.717) is 22.6 Å². The fraction of sp³-hybridized carbons (Fsp3) is 0.0870. The van der Waals surface area contributed by atoms with Crippen molar-refractivity contribution in [3.63, 3.8) is 0 Å². The maximum absolute atomic E-state index is 12.8. The van der Waals surface area contributed by atoms with Gasteiger partial charge in [-0.1, -0.05) is 12.1 Å². The molecule has 2 amide bonds. The average molecular weight is 447 g/mol. The van der Waals surface area contributed by atoms with E-state index in [9.17, 15) is 24.5 Å². The van der Waals surface area contributed by atoms with Crippen LogP contribution in [-0.4, -0.2) is 29.3 Å². The van der Waals surface area contributed by atoms with Crippen molar-refractivity contribution >= 4 is 35.2 Å². The Morgan fingerprint density at radius 1 is 1.15 bits per heavy atom.